The van der Waals surface area contributed by atoms with E-state index in [4.69, 9.17) is 4.74 Å². The van der Waals surface area contributed by atoms with Gasteiger partial charge >= 0.3 is 0 Å². The summed E-state index contributed by atoms with van der Waals surface area (Å²) in [4.78, 5) is 6.51. The monoisotopic (exact) mass is 251 g/mol. The van der Waals surface area contributed by atoms with Crippen LogP contribution in [0.4, 0.5) is 5.82 Å². The molecule has 0 spiro atoms. The van der Waals surface area contributed by atoms with Crippen molar-refractivity contribution in [1.82, 2.24) is 10.3 Å². The van der Waals surface area contributed by atoms with Gasteiger partial charge in [-0.25, -0.2) is 4.98 Å². The Hall–Kier alpha value is -1.13. The van der Waals surface area contributed by atoms with Gasteiger partial charge in [0.2, 0.25) is 0 Å². The summed E-state index contributed by atoms with van der Waals surface area (Å²) in [6.07, 6.45) is 1.86. The van der Waals surface area contributed by atoms with E-state index in [1.807, 2.05) is 20.2 Å². The number of nitrogens with zero attached hydrogens (tertiary/aromatic N) is 2. The highest BCUT2D eigenvalue weighted by Crippen LogP contribution is 2.10. The van der Waals surface area contributed by atoms with Crippen molar-refractivity contribution in [3.8, 4) is 0 Å². The molecule has 1 aromatic heterocycles. The molecule has 0 aliphatic heterocycles. The predicted octanol–water partition coefficient (Wildman–Crippen LogP) is 2.05. The van der Waals surface area contributed by atoms with Crippen molar-refractivity contribution in [2.45, 2.75) is 33.4 Å². The van der Waals surface area contributed by atoms with Gasteiger partial charge in [-0.3, -0.25) is 0 Å². The van der Waals surface area contributed by atoms with Crippen molar-refractivity contribution >= 4 is 5.82 Å². The molecule has 1 rings (SSSR count). The molecule has 0 aliphatic carbocycles. The van der Waals surface area contributed by atoms with Crippen LogP contribution in [0, 0.1) is 0 Å². The minimum absolute atomic E-state index is 0.497. The molecule has 4 nitrogen and oxygen atoms in total. The van der Waals surface area contributed by atoms with Crippen molar-refractivity contribution in [1.29, 1.82) is 0 Å². The fourth-order valence-electron chi connectivity index (χ4n) is 1.56. The van der Waals surface area contributed by atoms with Gasteiger partial charge in [0.25, 0.3) is 0 Å². The topological polar surface area (TPSA) is 37.4 Å². The summed E-state index contributed by atoms with van der Waals surface area (Å²) in [7, 11) is 2.04. The number of likely N-dealkylation sites (N-methyl/N-ethyl adjacent to an activating group) is 1. The normalized spacial score (nSPS) is 10.9. The lowest BCUT2D eigenvalue weighted by Crippen LogP contribution is -2.24. The number of hydrogen-bond donors (Lipinski definition) is 1. The van der Waals surface area contributed by atoms with Crippen LogP contribution in [0.25, 0.3) is 0 Å². The molecule has 0 amide bonds. The maximum absolute atomic E-state index is 5.35. The van der Waals surface area contributed by atoms with E-state index in [1.54, 1.807) is 0 Å². The maximum atomic E-state index is 5.35. The molecular weight excluding hydrogens is 226 g/mol. The first-order valence-electron chi connectivity index (χ1n) is 6.60. The van der Waals surface area contributed by atoms with Crippen molar-refractivity contribution in [2.24, 2.45) is 0 Å². The lowest BCUT2D eigenvalue weighted by Gasteiger charge is -2.18. The van der Waals surface area contributed by atoms with Crippen LogP contribution in [0.5, 0.6) is 0 Å². The van der Waals surface area contributed by atoms with E-state index >= 15 is 0 Å². The second kappa shape index (κ2) is 8.06. The average Bonchev–Trinajstić information content (AvgIpc) is 2.37. The highest BCUT2D eigenvalue weighted by atomic mass is 16.5. The molecule has 0 saturated heterocycles. The average molecular weight is 251 g/mol. The lowest BCUT2D eigenvalue weighted by molar-refractivity contribution is 0.154. The Kier molecular flexibility index (Phi) is 6.68. The molecule has 4 heteroatoms. The minimum atomic E-state index is 0.497. The van der Waals surface area contributed by atoms with Crippen LogP contribution >= 0.6 is 0 Å². The van der Waals surface area contributed by atoms with E-state index in [1.165, 1.54) is 5.56 Å². The molecule has 18 heavy (non-hydrogen) atoms. The van der Waals surface area contributed by atoms with Crippen molar-refractivity contribution in [2.75, 3.05) is 31.7 Å². The molecule has 0 atom stereocenters. The second-order valence-electron chi connectivity index (χ2n) is 4.68. The fraction of sp³-hybridized carbons (Fsp3) is 0.643. The zero-order valence-corrected chi connectivity index (χ0v) is 11.9. The van der Waals surface area contributed by atoms with Gasteiger partial charge in [-0.05, 0) is 24.6 Å². The van der Waals surface area contributed by atoms with Gasteiger partial charge in [0.05, 0.1) is 6.61 Å². The molecule has 1 aromatic rings. The number of nitrogens with one attached hydrogen (secondary N) is 1. The van der Waals surface area contributed by atoms with Crippen LogP contribution < -0.4 is 10.2 Å². The largest absolute Gasteiger partial charge is 0.380 e. The van der Waals surface area contributed by atoms with Crippen LogP contribution in [0.3, 0.4) is 0 Å². The summed E-state index contributed by atoms with van der Waals surface area (Å²) in [6.45, 7) is 9.56. The number of hydrogen-bond acceptors (Lipinski definition) is 4. The third kappa shape index (κ3) is 5.47. The highest BCUT2D eigenvalue weighted by Gasteiger charge is 2.03. The van der Waals surface area contributed by atoms with Crippen LogP contribution in [-0.2, 0) is 11.3 Å². The first-order valence-corrected chi connectivity index (χ1v) is 6.60. The molecular formula is C14H25N3O. The summed E-state index contributed by atoms with van der Waals surface area (Å²) in [5.41, 5.74) is 1.26. The first-order chi connectivity index (χ1) is 8.63. The molecule has 0 fully saturated rings. The molecule has 102 valence electrons. The molecule has 0 bridgehead atoms. The zero-order valence-electron chi connectivity index (χ0n) is 11.9. The van der Waals surface area contributed by atoms with Crippen LogP contribution in [0.15, 0.2) is 18.3 Å². The van der Waals surface area contributed by atoms with Gasteiger partial charge in [0.1, 0.15) is 5.82 Å². The minimum Gasteiger partial charge on any atom is -0.380 e. The Balaban J connectivity index is 2.52. The summed E-state index contributed by atoms with van der Waals surface area (Å²) < 4.78 is 5.35. The van der Waals surface area contributed by atoms with Crippen LogP contribution in [0.1, 0.15) is 26.3 Å². The third-order valence-corrected chi connectivity index (χ3v) is 2.69. The summed E-state index contributed by atoms with van der Waals surface area (Å²) in [5.74, 6) is 0.998. The highest BCUT2D eigenvalue weighted by molar-refractivity contribution is 5.39. The molecule has 1 N–H and O–H groups in total. The van der Waals surface area contributed by atoms with Crippen molar-refractivity contribution in [3.05, 3.63) is 23.9 Å². The molecule has 0 unspecified atom stereocenters. The Labute approximate surface area is 110 Å². The van der Waals surface area contributed by atoms with Gasteiger partial charge in [-0.2, -0.15) is 0 Å². The SMILES string of the molecule is CCOCCN(C)c1cc(CNC(C)C)ccn1. The summed E-state index contributed by atoms with van der Waals surface area (Å²) in [5, 5.41) is 3.41. The quantitative estimate of drug-likeness (QED) is 0.718. The molecule has 0 aromatic carbocycles. The maximum Gasteiger partial charge on any atom is 0.128 e. The smallest absolute Gasteiger partial charge is 0.128 e. The Morgan fingerprint density at radius 2 is 2.22 bits per heavy atom. The van der Waals surface area contributed by atoms with E-state index in [2.05, 4.69) is 41.2 Å². The van der Waals surface area contributed by atoms with Gasteiger partial charge in [0, 0.05) is 39.0 Å². The van der Waals surface area contributed by atoms with Gasteiger partial charge in [-0.1, -0.05) is 13.8 Å². The first kappa shape index (κ1) is 14.9. The van der Waals surface area contributed by atoms with E-state index < -0.39 is 0 Å². The van der Waals surface area contributed by atoms with Crippen LogP contribution in [-0.4, -0.2) is 37.8 Å². The summed E-state index contributed by atoms with van der Waals surface area (Å²) in [6, 6.07) is 4.67. The Morgan fingerprint density at radius 1 is 1.44 bits per heavy atom. The predicted molar refractivity (Wildman–Crippen MR) is 76.0 cm³/mol. The molecule has 0 saturated carbocycles. The van der Waals surface area contributed by atoms with E-state index in [0.717, 1.165) is 32.1 Å². The molecule has 1 heterocycles. The van der Waals surface area contributed by atoms with E-state index in [-0.39, 0.29) is 0 Å². The summed E-state index contributed by atoms with van der Waals surface area (Å²) >= 11 is 0. The fourth-order valence-corrected chi connectivity index (χ4v) is 1.56. The second-order valence-corrected chi connectivity index (χ2v) is 4.68. The number of rotatable bonds is 8. The van der Waals surface area contributed by atoms with Gasteiger partial charge in [-0.15, -0.1) is 0 Å². The molecule has 0 aliphatic rings. The number of pyridine rings is 1. The van der Waals surface area contributed by atoms with Gasteiger partial charge < -0.3 is 15.0 Å². The Morgan fingerprint density at radius 3 is 2.89 bits per heavy atom. The molecule has 0 radical (unpaired) electrons. The van der Waals surface area contributed by atoms with Crippen molar-refractivity contribution in [3.63, 3.8) is 0 Å². The zero-order chi connectivity index (χ0) is 13.4. The van der Waals surface area contributed by atoms with Gasteiger partial charge in [0.15, 0.2) is 0 Å². The number of ether oxygens (including phenoxy) is 1. The standard InChI is InChI=1S/C14H25N3O/c1-5-18-9-8-17(4)14-10-13(6-7-15-14)11-16-12(2)3/h6-7,10,12,16H,5,8-9,11H2,1-4H3. The number of aromatic nitrogens is 1. The van der Waals surface area contributed by atoms with E-state index in [0.29, 0.717) is 6.04 Å². The Bertz CT molecular complexity index is 342. The number of anilines is 1. The van der Waals surface area contributed by atoms with Crippen LogP contribution in [0.2, 0.25) is 0 Å². The van der Waals surface area contributed by atoms with E-state index in [9.17, 15) is 0 Å². The van der Waals surface area contributed by atoms with Crippen molar-refractivity contribution < 1.29 is 4.74 Å². The lowest BCUT2D eigenvalue weighted by atomic mass is 10.2. The third-order valence-electron chi connectivity index (χ3n) is 2.69.